The highest BCUT2D eigenvalue weighted by Crippen LogP contribution is 2.36. The second-order valence-corrected chi connectivity index (χ2v) is 6.37. The maximum absolute atomic E-state index is 5.39. The highest BCUT2D eigenvalue weighted by molar-refractivity contribution is 9.10. The Morgan fingerprint density at radius 2 is 2.00 bits per heavy atom. The van der Waals surface area contributed by atoms with E-state index in [1.807, 2.05) is 23.9 Å². The minimum Gasteiger partial charge on any atom is -0.454 e. The summed E-state index contributed by atoms with van der Waals surface area (Å²) in [4.78, 5) is 0. The molecular weight excluding hydrogens is 326 g/mol. The van der Waals surface area contributed by atoms with Gasteiger partial charge in [-0.3, -0.25) is 0 Å². The van der Waals surface area contributed by atoms with Gasteiger partial charge < -0.3 is 14.8 Å². The lowest BCUT2D eigenvalue weighted by Gasteiger charge is -2.08. The second-order valence-electron chi connectivity index (χ2n) is 4.53. The molecule has 0 aliphatic carbocycles. The zero-order valence-electron chi connectivity index (χ0n) is 11.2. The smallest absolute Gasteiger partial charge is 0.231 e. The van der Waals surface area contributed by atoms with Crippen molar-refractivity contribution >= 4 is 27.7 Å². The van der Waals surface area contributed by atoms with Gasteiger partial charge in [-0.1, -0.05) is 22.4 Å². The summed E-state index contributed by atoms with van der Waals surface area (Å²) in [5.74, 6) is 2.95. The molecule has 0 saturated carbocycles. The Hall–Kier alpha value is -0.390. The molecule has 3 nitrogen and oxygen atoms in total. The fraction of sp³-hybridized carbons (Fsp3) is 0.571. The van der Waals surface area contributed by atoms with E-state index in [1.165, 1.54) is 30.6 Å². The summed E-state index contributed by atoms with van der Waals surface area (Å²) in [6.07, 6.45) is 6.02. The van der Waals surface area contributed by atoms with Crippen molar-refractivity contribution < 1.29 is 9.47 Å². The molecule has 1 heterocycles. The second kappa shape index (κ2) is 8.02. The lowest BCUT2D eigenvalue weighted by Crippen LogP contribution is -2.15. The van der Waals surface area contributed by atoms with Crippen LogP contribution in [0.5, 0.6) is 11.5 Å². The van der Waals surface area contributed by atoms with Crippen molar-refractivity contribution in [1.29, 1.82) is 0 Å². The van der Waals surface area contributed by atoms with Gasteiger partial charge in [0.25, 0.3) is 0 Å². The quantitative estimate of drug-likeness (QED) is 0.726. The molecule has 0 amide bonds. The molecule has 0 saturated heterocycles. The number of halogens is 1. The molecule has 0 bridgehead atoms. The zero-order valence-corrected chi connectivity index (χ0v) is 13.6. The molecule has 1 aromatic rings. The largest absolute Gasteiger partial charge is 0.454 e. The number of unbranched alkanes of at least 4 members (excludes halogenated alkanes) is 2. The first-order valence-electron chi connectivity index (χ1n) is 6.59. The van der Waals surface area contributed by atoms with Crippen molar-refractivity contribution in [1.82, 2.24) is 5.32 Å². The first kappa shape index (κ1) is 15.0. The highest BCUT2D eigenvalue weighted by Gasteiger charge is 2.15. The van der Waals surface area contributed by atoms with Gasteiger partial charge in [0.05, 0.1) is 0 Å². The Balaban J connectivity index is 1.71. The van der Waals surface area contributed by atoms with Crippen LogP contribution in [0, 0.1) is 0 Å². The number of ether oxygens (including phenoxy) is 2. The number of nitrogens with one attached hydrogen (secondary N) is 1. The first-order valence-corrected chi connectivity index (χ1v) is 8.77. The molecule has 0 atom stereocenters. The Morgan fingerprint density at radius 1 is 1.21 bits per heavy atom. The number of rotatable bonds is 8. The summed E-state index contributed by atoms with van der Waals surface area (Å²) in [5, 5.41) is 3.48. The lowest BCUT2D eigenvalue weighted by atomic mass is 10.2. The van der Waals surface area contributed by atoms with Gasteiger partial charge in [-0.2, -0.15) is 11.8 Å². The van der Waals surface area contributed by atoms with Gasteiger partial charge in [-0.15, -0.1) is 0 Å². The molecule has 19 heavy (non-hydrogen) atoms. The van der Waals surface area contributed by atoms with Crippen molar-refractivity contribution in [2.75, 3.05) is 25.3 Å². The van der Waals surface area contributed by atoms with Crippen LogP contribution in [0.1, 0.15) is 24.8 Å². The molecule has 0 unspecified atom stereocenters. The topological polar surface area (TPSA) is 30.5 Å². The zero-order chi connectivity index (χ0) is 13.5. The van der Waals surface area contributed by atoms with E-state index in [0.29, 0.717) is 6.79 Å². The van der Waals surface area contributed by atoms with Crippen molar-refractivity contribution in [3.05, 3.63) is 22.2 Å². The van der Waals surface area contributed by atoms with Gasteiger partial charge in [0.2, 0.25) is 6.79 Å². The third kappa shape index (κ3) is 4.58. The van der Waals surface area contributed by atoms with Crippen LogP contribution < -0.4 is 14.8 Å². The van der Waals surface area contributed by atoms with E-state index in [-0.39, 0.29) is 0 Å². The van der Waals surface area contributed by atoms with E-state index < -0.39 is 0 Å². The van der Waals surface area contributed by atoms with Crippen LogP contribution in [0.15, 0.2) is 16.6 Å². The number of hydrogen-bond donors (Lipinski definition) is 1. The van der Waals surface area contributed by atoms with E-state index >= 15 is 0 Å². The third-order valence-corrected chi connectivity index (χ3v) is 4.49. The van der Waals surface area contributed by atoms with Gasteiger partial charge >= 0.3 is 0 Å². The normalized spacial score (nSPS) is 12.9. The number of benzene rings is 1. The molecule has 5 heteroatoms. The highest BCUT2D eigenvalue weighted by atomic mass is 79.9. The maximum Gasteiger partial charge on any atom is 0.231 e. The van der Waals surface area contributed by atoms with Crippen LogP contribution in [0.2, 0.25) is 0 Å². The van der Waals surface area contributed by atoms with Gasteiger partial charge in [-0.25, -0.2) is 0 Å². The van der Waals surface area contributed by atoms with Gasteiger partial charge in [0.15, 0.2) is 11.5 Å². The summed E-state index contributed by atoms with van der Waals surface area (Å²) in [5.41, 5.74) is 1.22. The monoisotopic (exact) mass is 345 g/mol. The van der Waals surface area contributed by atoms with Crippen molar-refractivity contribution in [2.45, 2.75) is 25.8 Å². The predicted octanol–water partition coefficient (Wildman–Crippen LogP) is 3.80. The van der Waals surface area contributed by atoms with Crippen LogP contribution in [-0.2, 0) is 6.54 Å². The fourth-order valence-corrected chi connectivity index (χ4v) is 2.95. The average Bonchev–Trinajstić information content (AvgIpc) is 2.84. The lowest BCUT2D eigenvalue weighted by molar-refractivity contribution is 0.174. The molecule has 0 aromatic heterocycles. The summed E-state index contributed by atoms with van der Waals surface area (Å²) < 4.78 is 11.8. The van der Waals surface area contributed by atoms with E-state index in [4.69, 9.17) is 9.47 Å². The van der Waals surface area contributed by atoms with Crippen molar-refractivity contribution in [3.8, 4) is 11.5 Å². The Kier molecular flexibility index (Phi) is 6.34. The van der Waals surface area contributed by atoms with E-state index in [1.54, 1.807) is 0 Å². The fourth-order valence-electron chi connectivity index (χ4n) is 1.99. The number of fused-ring (bicyclic) bond motifs is 1. The maximum atomic E-state index is 5.39. The molecule has 1 aromatic carbocycles. The van der Waals surface area contributed by atoms with Crippen LogP contribution in [0.25, 0.3) is 0 Å². The summed E-state index contributed by atoms with van der Waals surface area (Å²) >= 11 is 5.50. The van der Waals surface area contributed by atoms with Crippen LogP contribution in [-0.4, -0.2) is 25.3 Å². The van der Waals surface area contributed by atoms with Crippen molar-refractivity contribution in [2.24, 2.45) is 0 Å². The van der Waals surface area contributed by atoms with E-state index in [0.717, 1.165) is 29.1 Å². The molecule has 0 spiro atoms. The molecule has 2 rings (SSSR count). The van der Waals surface area contributed by atoms with Gasteiger partial charge in [-0.05, 0) is 49.1 Å². The Morgan fingerprint density at radius 3 is 2.79 bits per heavy atom. The van der Waals surface area contributed by atoms with E-state index in [2.05, 4.69) is 27.5 Å². The number of hydrogen-bond acceptors (Lipinski definition) is 4. The molecule has 0 radical (unpaired) electrons. The summed E-state index contributed by atoms with van der Waals surface area (Å²) in [6.45, 7) is 2.25. The molecule has 1 aliphatic heterocycles. The van der Waals surface area contributed by atoms with Crippen LogP contribution in [0.4, 0.5) is 0 Å². The van der Waals surface area contributed by atoms with Gasteiger partial charge in [0.1, 0.15) is 0 Å². The molecular formula is C14H20BrNO2S. The Bertz CT molecular complexity index is 415. The van der Waals surface area contributed by atoms with E-state index in [9.17, 15) is 0 Å². The predicted molar refractivity (Wildman–Crippen MR) is 84.2 cm³/mol. The SMILES string of the molecule is CSCCCCCNCc1cc2c(cc1Br)OCO2. The first-order chi connectivity index (χ1) is 9.31. The molecule has 1 N–H and O–H groups in total. The van der Waals surface area contributed by atoms with Crippen LogP contribution in [0.3, 0.4) is 0 Å². The number of thioether (sulfide) groups is 1. The standard InChI is InChI=1S/C14H20BrNO2S/c1-19-6-4-2-3-5-16-9-11-7-13-14(8-12(11)15)18-10-17-13/h7-8,16H,2-6,9-10H2,1H3. The van der Waals surface area contributed by atoms with Crippen LogP contribution >= 0.6 is 27.7 Å². The molecule has 106 valence electrons. The minimum atomic E-state index is 0.327. The van der Waals surface area contributed by atoms with Crippen molar-refractivity contribution in [3.63, 3.8) is 0 Å². The molecule has 0 fully saturated rings. The summed E-state index contributed by atoms with van der Waals surface area (Å²) in [6, 6.07) is 4.03. The minimum absolute atomic E-state index is 0.327. The average molecular weight is 346 g/mol. The third-order valence-electron chi connectivity index (χ3n) is 3.06. The van der Waals surface area contributed by atoms with Gasteiger partial charge in [0, 0.05) is 11.0 Å². The Labute approximate surface area is 127 Å². The summed E-state index contributed by atoms with van der Waals surface area (Å²) in [7, 11) is 0. The molecule has 1 aliphatic rings.